The van der Waals surface area contributed by atoms with Crippen LogP contribution in [0, 0.1) is 0 Å². The average Bonchev–Trinajstić information content (AvgIpc) is 2.28. The van der Waals surface area contributed by atoms with E-state index in [9.17, 15) is 0 Å². The van der Waals surface area contributed by atoms with Gasteiger partial charge < -0.3 is 5.32 Å². The van der Waals surface area contributed by atoms with Crippen LogP contribution in [0.4, 0.5) is 0 Å². The maximum atomic E-state index is 3.29. The summed E-state index contributed by atoms with van der Waals surface area (Å²) in [5.74, 6) is 0. The van der Waals surface area contributed by atoms with Gasteiger partial charge in [-0.25, -0.2) is 0 Å². The van der Waals surface area contributed by atoms with Crippen LogP contribution in [0.1, 0.15) is 17.5 Å². The lowest BCUT2D eigenvalue weighted by Gasteiger charge is -2.06. The number of nitrogens with one attached hydrogen (secondary N) is 1. The molecule has 1 aliphatic heterocycles. The highest BCUT2D eigenvalue weighted by Crippen LogP contribution is 2.12. The van der Waals surface area contributed by atoms with Crippen molar-refractivity contribution in [2.75, 3.05) is 6.54 Å². The minimum Gasteiger partial charge on any atom is -0.391 e. The minimum absolute atomic E-state index is 1.05. The van der Waals surface area contributed by atoms with Crippen LogP contribution in [0.3, 0.4) is 0 Å². The van der Waals surface area contributed by atoms with Gasteiger partial charge in [-0.1, -0.05) is 30.3 Å². The number of allylic oxidation sites excluding steroid dienone is 1. The summed E-state index contributed by atoms with van der Waals surface area (Å²) in [6.07, 6.45) is 7.74. The van der Waals surface area contributed by atoms with Crippen molar-refractivity contribution in [3.8, 4) is 0 Å². The van der Waals surface area contributed by atoms with Crippen LogP contribution in [0.5, 0.6) is 0 Å². The third-order valence-corrected chi connectivity index (χ3v) is 2.47. The summed E-state index contributed by atoms with van der Waals surface area (Å²) < 4.78 is 0. The van der Waals surface area contributed by atoms with Crippen molar-refractivity contribution in [1.29, 1.82) is 0 Å². The van der Waals surface area contributed by atoms with E-state index < -0.39 is 0 Å². The first-order valence-electron chi connectivity index (χ1n) is 4.92. The van der Waals surface area contributed by atoms with Gasteiger partial charge in [0, 0.05) is 6.54 Å². The lowest BCUT2D eigenvalue weighted by molar-refractivity contribution is 0.830. The second-order valence-corrected chi connectivity index (χ2v) is 3.41. The summed E-state index contributed by atoms with van der Waals surface area (Å²) in [6, 6.07) is 8.74. The molecule has 0 saturated heterocycles. The summed E-state index contributed by atoms with van der Waals surface area (Å²) in [7, 11) is 0. The van der Waals surface area contributed by atoms with Crippen LogP contribution in [-0.2, 0) is 12.8 Å². The Morgan fingerprint density at radius 1 is 1.00 bits per heavy atom. The van der Waals surface area contributed by atoms with Crippen molar-refractivity contribution in [3.63, 3.8) is 0 Å². The molecule has 1 aromatic rings. The Morgan fingerprint density at radius 3 is 2.62 bits per heavy atom. The largest absolute Gasteiger partial charge is 0.391 e. The van der Waals surface area contributed by atoms with Crippen molar-refractivity contribution < 1.29 is 0 Å². The number of rotatable bonds is 0. The quantitative estimate of drug-likeness (QED) is 0.634. The van der Waals surface area contributed by atoms with Gasteiger partial charge in [0.1, 0.15) is 0 Å². The lowest BCUT2D eigenvalue weighted by Crippen LogP contribution is -2.09. The highest BCUT2D eigenvalue weighted by molar-refractivity contribution is 5.28. The third kappa shape index (κ3) is 2.11. The molecule has 1 heteroatoms. The summed E-state index contributed by atoms with van der Waals surface area (Å²) >= 11 is 0. The Kier molecular flexibility index (Phi) is 2.65. The third-order valence-electron chi connectivity index (χ3n) is 2.47. The molecular formula is C12H15N. The molecule has 0 atom stereocenters. The fraction of sp³-hybridized carbons (Fsp3) is 0.333. The molecule has 0 fully saturated rings. The zero-order valence-electron chi connectivity index (χ0n) is 7.79. The van der Waals surface area contributed by atoms with E-state index in [0.717, 1.165) is 19.4 Å². The molecule has 0 radical (unpaired) electrons. The second kappa shape index (κ2) is 4.13. The summed E-state index contributed by atoms with van der Waals surface area (Å²) in [4.78, 5) is 0. The molecule has 1 heterocycles. The Hall–Kier alpha value is -1.24. The van der Waals surface area contributed by atoms with E-state index in [1.54, 1.807) is 0 Å². The van der Waals surface area contributed by atoms with Gasteiger partial charge in [-0.2, -0.15) is 0 Å². The molecule has 0 aromatic heterocycles. The number of fused-ring (bicyclic) bond motifs is 1. The first kappa shape index (κ1) is 8.36. The van der Waals surface area contributed by atoms with Gasteiger partial charge in [-0.3, -0.25) is 0 Å². The predicted molar refractivity (Wildman–Crippen MR) is 55.6 cm³/mol. The Labute approximate surface area is 79.5 Å². The van der Waals surface area contributed by atoms with E-state index in [-0.39, 0.29) is 0 Å². The molecule has 1 nitrogen and oxygen atoms in total. The highest BCUT2D eigenvalue weighted by Gasteiger charge is 2.01. The first-order valence-corrected chi connectivity index (χ1v) is 4.92. The molecule has 0 bridgehead atoms. The topological polar surface area (TPSA) is 12.0 Å². The van der Waals surface area contributed by atoms with Crippen molar-refractivity contribution in [2.24, 2.45) is 0 Å². The molecule has 1 aromatic carbocycles. The Bertz CT molecular complexity index is 302. The zero-order chi connectivity index (χ0) is 8.93. The molecule has 68 valence electrons. The number of benzene rings is 1. The fourth-order valence-electron chi connectivity index (χ4n) is 1.74. The first-order chi connectivity index (χ1) is 6.47. The van der Waals surface area contributed by atoms with Crippen molar-refractivity contribution in [3.05, 3.63) is 47.7 Å². The van der Waals surface area contributed by atoms with Gasteiger partial charge in [0.2, 0.25) is 0 Å². The maximum Gasteiger partial charge on any atom is 0.0181 e. The normalized spacial score (nSPS) is 18.8. The van der Waals surface area contributed by atoms with Crippen molar-refractivity contribution in [1.82, 2.24) is 5.32 Å². The number of aryl methyl sites for hydroxylation is 1. The molecule has 1 N–H and O–H groups in total. The van der Waals surface area contributed by atoms with Gasteiger partial charge in [0.25, 0.3) is 0 Å². The van der Waals surface area contributed by atoms with E-state index in [1.165, 1.54) is 17.5 Å². The van der Waals surface area contributed by atoms with Crippen molar-refractivity contribution >= 4 is 0 Å². The molecule has 13 heavy (non-hydrogen) atoms. The van der Waals surface area contributed by atoms with Gasteiger partial charge in [-0.05, 0) is 36.6 Å². The van der Waals surface area contributed by atoms with E-state index in [2.05, 4.69) is 41.9 Å². The van der Waals surface area contributed by atoms with Crippen LogP contribution < -0.4 is 5.32 Å². The second-order valence-electron chi connectivity index (χ2n) is 3.41. The molecule has 1 aliphatic rings. The van der Waals surface area contributed by atoms with Gasteiger partial charge in [0.15, 0.2) is 0 Å². The van der Waals surface area contributed by atoms with E-state index in [4.69, 9.17) is 0 Å². The monoisotopic (exact) mass is 173 g/mol. The summed E-state index contributed by atoms with van der Waals surface area (Å²) in [5.41, 5.74) is 3.01. The van der Waals surface area contributed by atoms with E-state index in [1.807, 2.05) is 0 Å². The van der Waals surface area contributed by atoms with Crippen LogP contribution >= 0.6 is 0 Å². The maximum absolute atomic E-state index is 3.29. The molecule has 0 spiro atoms. The molecular weight excluding hydrogens is 158 g/mol. The standard InChI is InChI=1S/C12H15N/c1-2-6-12-8-10-13-9-4-3-7-11(12)5-1/h1-2,4-6,9,13H,3,7-8,10H2/b9-4-. The highest BCUT2D eigenvalue weighted by atomic mass is 14.8. The van der Waals surface area contributed by atoms with Crippen LogP contribution in [0.25, 0.3) is 0 Å². The molecule has 2 rings (SSSR count). The van der Waals surface area contributed by atoms with Gasteiger partial charge in [0.05, 0.1) is 0 Å². The average molecular weight is 173 g/mol. The van der Waals surface area contributed by atoms with Gasteiger partial charge >= 0.3 is 0 Å². The van der Waals surface area contributed by atoms with Crippen molar-refractivity contribution in [2.45, 2.75) is 19.3 Å². The fourth-order valence-corrected chi connectivity index (χ4v) is 1.74. The van der Waals surface area contributed by atoms with Crippen LogP contribution in [0.15, 0.2) is 36.5 Å². The summed E-state index contributed by atoms with van der Waals surface area (Å²) in [5, 5.41) is 3.29. The molecule has 0 amide bonds. The lowest BCUT2D eigenvalue weighted by atomic mass is 10.0. The van der Waals surface area contributed by atoms with Crippen LogP contribution in [0.2, 0.25) is 0 Å². The SMILES string of the molecule is C1=C\NCCc2ccccc2CC/1. The number of hydrogen-bond donors (Lipinski definition) is 1. The smallest absolute Gasteiger partial charge is 0.0181 e. The molecule has 0 saturated carbocycles. The Morgan fingerprint density at radius 2 is 1.77 bits per heavy atom. The zero-order valence-corrected chi connectivity index (χ0v) is 7.79. The minimum atomic E-state index is 1.05. The molecule has 0 aliphatic carbocycles. The number of hydrogen-bond acceptors (Lipinski definition) is 1. The predicted octanol–water partition coefficient (Wildman–Crippen LogP) is 2.28. The summed E-state index contributed by atoms with van der Waals surface area (Å²) in [6.45, 7) is 1.05. The Balaban J connectivity index is 2.22. The van der Waals surface area contributed by atoms with E-state index >= 15 is 0 Å². The van der Waals surface area contributed by atoms with E-state index in [0.29, 0.717) is 0 Å². The van der Waals surface area contributed by atoms with Crippen LogP contribution in [-0.4, -0.2) is 6.54 Å². The van der Waals surface area contributed by atoms with Gasteiger partial charge in [-0.15, -0.1) is 0 Å². The molecule has 0 unspecified atom stereocenters.